The highest BCUT2D eigenvalue weighted by molar-refractivity contribution is 7.10. The van der Waals surface area contributed by atoms with Crippen molar-refractivity contribution in [3.05, 3.63) is 28.0 Å². The van der Waals surface area contributed by atoms with E-state index in [1.54, 1.807) is 0 Å². The summed E-state index contributed by atoms with van der Waals surface area (Å²) in [5.41, 5.74) is 7.37. The summed E-state index contributed by atoms with van der Waals surface area (Å²) >= 11 is 3.32. The third-order valence-electron chi connectivity index (χ3n) is 3.62. The second-order valence-corrected chi connectivity index (χ2v) is 7.52. The number of nitrogen functional groups attached to an aromatic ring is 1. The molecule has 5 heteroatoms. The molecule has 2 heterocycles. The molecule has 0 atom stereocenters. The lowest BCUT2D eigenvalue weighted by molar-refractivity contribution is 0.569. The van der Waals surface area contributed by atoms with E-state index in [0.717, 1.165) is 12.4 Å². The van der Waals surface area contributed by atoms with Crippen LogP contribution in [0.3, 0.4) is 0 Å². The van der Waals surface area contributed by atoms with Crippen LogP contribution in [0, 0.1) is 0 Å². The summed E-state index contributed by atoms with van der Waals surface area (Å²) in [5.74, 6) is 1.37. The van der Waals surface area contributed by atoms with Gasteiger partial charge in [-0.25, -0.2) is 0 Å². The average molecular weight is 293 g/mol. The van der Waals surface area contributed by atoms with Crippen molar-refractivity contribution in [3.8, 4) is 0 Å². The van der Waals surface area contributed by atoms with Crippen LogP contribution in [0.1, 0.15) is 43.0 Å². The Balaban J connectivity index is 1.72. The number of hydrogen-bond donors (Lipinski definition) is 2. The molecule has 0 aromatic carbocycles. The normalized spacial score (nSPS) is 15.7. The van der Waals surface area contributed by atoms with E-state index in [-0.39, 0.29) is 5.41 Å². The monoisotopic (exact) mass is 293 g/mol. The number of anilines is 2. The van der Waals surface area contributed by atoms with Gasteiger partial charge < -0.3 is 11.1 Å². The smallest absolute Gasteiger partial charge is 0.142 e. The minimum atomic E-state index is 0.133. The van der Waals surface area contributed by atoms with Crippen molar-refractivity contribution in [2.24, 2.45) is 0 Å². The molecule has 19 heavy (non-hydrogen) atoms. The molecule has 0 unspecified atom stereocenters. The van der Waals surface area contributed by atoms with Gasteiger partial charge >= 0.3 is 0 Å². The van der Waals surface area contributed by atoms with Gasteiger partial charge in [0.05, 0.1) is 0 Å². The summed E-state index contributed by atoms with van der Waals surface area (Å²) in [5, 5.41) is 6.87. The zero-order chi connectivity index (χ0) is 13.5. The Hall–Kier alpha value is -1.07. The SMILES string of the molecule is CC(C)(CNc1snc(N)c1C1CC1)c1cccs1. The van der Waals surface area contributed by atoms with Crippen LogP contribution >= 0.6 is 22.9 Å². The fourth-order valence-electron chi connectivity index (χ4n) is 2.26. The van der Waals surface area contributed by atoms with E-state index in [9.17, 15) is 0 Å². The van der Waals surface area contributed by atoms with Gasteiger partial charge in [-0.15, -0.1) is 11.3 Å². The highest BCUT2D eigenvalue weighted by atomic mass is 32.1. The van der Waals surface area contributed by atoms with E-state index < -0.39 is 0 Å². The molecule has 2 aromatic rings. The molecule has 3 N–H and O–H groups in total. The number of nitrogens with one attached hydrogen (secondary N) is 1. The molecule has 1 saturated carbocycles. The van der Waals surface area contributed by atoms with Gasteiger partial charge in [0.1, 0.15) is 10.8 Å². The second kappa shape index (κ2) is 4.80. The van der Waals surface area contributed by atoms with Crippen LogP contribution in [-0.2, 0) is 5.41 Å². The lowest BCUT2D eigenvalue weighted by atomic mass is 9.91. The Morgan fingerprint density at radius 2 is 2.26 bits per heavy atom. The summed E-state index contributed by atoms with van der Waals surface area (Å²) in [6.07, 6.45) is 2.51. The molecule has 1 aliphatic rings. The van der Waals surface area contributed by atoms with Crippen LogP contribution in [0.5, 0.6) is 0 Å². The first-order valence-electron chi connectivity index (χ1n) is 6.61. The van der Waals surface area contributed by atoms with Crippen LogP contribution < -0.4 is 11.1 Å². The molecule has 0 bridgehead atoms. The fraction of sp³-hybridized carbons (Fsp3) is 0.500. The Morgan fingerprint density at radius 1 is 1.47 bits per heavy atom. The predicted molar refractivity (Wildman–Crippen MR) is 84.3 cm³/mol. The number of hydrogen-bond acceptors (Lipinski definition) is 5. The number of nitrogens with two attached hydrogens (primary N) is 1. The van der Waals surface area contributed by atoms with Crippen LogP contribution in [-0.4, -0.2) is 10.9 Å². The van der Waals surface area contributed by atoms with E-state index in [4.69, 9.17) is 5.73 Å². The molecule has 1 fully saturated rings. The maximum absolute atomic E-state index is 5.98. The van der Waals surface area contributed by atoms with E-state index in [1.165, 1.54) is 39.8 Å². The molecular formula is C14H19N3S2. The van der Waals surface area contributed by atoms with E-state index >= 15 is 0 Å². The number of aromatic nitrogens is 1. The van der Waals surface area contributed by atoms with Gasteiger partial charge in [0.15, 0.2) is 0 Å². The summed E-state index contributed by atoms with van der Waals surface area (Å²) < 4.78 is 4.30. The fourth-order valence-corrected chi connectivity index (χ4v) is 3.90. The Kier molecular flexibility index (Phi) is 3.27. The van der Waals surface area contributed by atoms with Crippen molar-refractivity contribution in [2.75, 3.05) is 17.6 Å². The van der Waals surface area contributed by atoms with Crippen molar-refractivity contribution in [1.29, 1.82) is 0 Å². The van der Waals surface area contributed by atoms with Gasteiger partial charge in [-0.1, -0.05) is 19.9 Å². The quantitative estimate of drug-likeness (QED) is 0.874. The van der Waals surface area contributed by atoms with Crippen molar-refractivity contribution in [3.63, 3.8) is 0 Å². The highest BCUT2D eigenvalue weighted by Gasteiger charge is 2.31. The third-order valence-corrected chi connectivity index (χ3v) is 5.69. The zero-order valence-corrected chi connectivity index (χ0v) is 12.9. The zero-order valence-electron chi connectivity index (χ0n) is 11.3. The largest absolute Gasteiger partial charge is 0.383 e. The van der Waals surface area contributed by atoms with Gasteiger partial charge in [0.2, 0.25) is 0 Å². The average Bonchev–Trinajstić information content (AvgIpc) is 2.92. The topological polar surface area (TPSA) is 50.9 Å². The third kappa shape index (κ3) is 2.62. The summed E-state index contributed by atoms with van der Waals surface area (Å²) in [4.78, 5) is 1.41. The summed E-state index contributed by atoms with van der Waals surface area (Å²) in [7, 11) is 0. The Bertz CT molecular complexity index is 553. The summed E-state index contributed by atoms with van der Waals surface area (Å²) in [6.45, 7) is 5.45. The molecule has 1 aliphatic carbocycles. The van der Waals surface area contributed by atoms with E-state index in [1.807, 2.05) is 11.3 Å². The first kappa shape index (κ1) is 12.9. The van der Waals surface area contributed by atoms with E-state index in [2.05, 4.69) is 41.1 Å². The van der Waals surface area contributed by atoms with Gasteiger partial charge in [0, 0.05) is 22.4 Å². The first-order valence-corrected chi connectivity index (χ1v) is 8.26. The van der Waals surface area contributed by atoms with Crippen molar-refractivity contribution in [1.82, 2.24) is 4.37 Å². The van der Waals surface area contributed by atoms with Crippen molar-refractivity contribution >= 4 is 33.7 Å². The molecule has 0 spiro atoms. The van der Waals surface area contributed by atoms with Crippen LogP contribution in [0.4, 0.5) is 10.8 Å². The lowest BCUT2D eigenvalue weighted by Gasteiger charge is -2.24. The van der Waals surface area contributed by atoms with Crippen molar-refractivity contribution < 1.29 is 0 Å². The number of nitrogens with zero attached hydrogens (tertiary/aromatic N) is 1. The van der Waals surface area contributed by atoms with Gasteiger partial charge in [-0.05, 0) is 41.7 Å². The van der Waals surface area contributed by atoms with Gasteiger partial charge in [-0.2, -0.15) is 4.37 Å². The molecule has 3 rings (SSSR count). The molecular weight excluding hydrogens is 274 g/mol. The minimum Gasteiger partial charge on any atom is -0.383 e. The lowest BCUT2D eigenvalue weighted by Crippen LogP contribution is -2.26. The van der Waals surface area contributed by atoms with Gasteiger partial charge in [-0.3, -0.25) is 0 Å². The standard InChI is InChI=1S/C14H19N3S2/c1-14(2,10-4-3-7-18-10)8-16-13-11(9-5-6-9)12(15)17-19-13/h3-4,7,9,16H,5-6,8H2,1-2H3,(H2,15,17). The number of thiophene rings is 1. The molecule has 0 saturated heterocycles. The predicted octanol–water partition coefficient (Wildman–Crippen LogP) is 4.05. The Morgan fingerprint density at radius 3 is 2.89 bits per heavy atom. The Labute approximate surface area is 122 Å². The van der Waals surface area contributed by atoms with Crippen LogP contribution in [0.25, 0.3) is 0 Å². The number of rotatable bonds is 5. The molecule has 102 valence electrons. The first-order chi connectivity index (χ1) is 9.08. The maximum atomic E-state index is 5.98. The van der Waals surface area contributed by atoms with Crippen molar-refractivity contribution in [2.45, 2.75) is 38.0 Å². The molecule has 0 radical (unpaired) electrons. The minimum absolute atomic E-state index is 0.133. The van der Waals surface area contributed by atoms with Gasteiger partial charge in [0.25, 0.3) is 0 Å². The van der Waals surface area contributed by atoms with E-state index in [0.29, 0.717) is 5.92 Å². The van der Waals surface area contributed by atoms with Crippen LogP contribution in [0.15, 0.2) is 17.5 Å². The second-order valence-electron chi connectivity index (χ2n) is 5.80. The maximum Gasteiger partial charge on any atom is 0.142 e. The molecule has 0 amide bonds. The molecule has 3 nitrogen and oxygen atoms in total. The summed E-state index contributed by atoms with van der Waals surface area (Å²) in [6, 6.07) is 4.32. The molecule has 0 aliphatic heterocycles. The van der Waals surface area contributed by atoms with Crippen LogP contribution in [0.2, 0.25) is 0 Å². The molecule has 2 aromatic heterocycles. The highest BCUT2D eigenvalue weighted by Crippen LogP contribution is 2.47.